The molecule has 0 aromatic carbocycles. The highest BCUT2D eigenvalue weighted by Gasteiger charge is 2.48. The van der Waals surface area contributed by atoms with Crippen molar-refractivity contribution in [3.63, 3.8) is 0 Å². The number of hydrogen-bond donors (Lipinski definition) is 3. The van der Waals surface area contributed by atoms with Crippen LogP contribution in [0.5, 0.6) is 0 Å². The van der Waals surface area contributed by atoms with Gasteiger partial charge in [0.1, 0.15) is 22.8 Å². The first-order valence-corrected chi connectivity index (χ1v) is 12.2. The lowest BCUT2D eigenvalue weighted by molar-refractivity contribution is -0.164. The fourth-order valence-electron chi connectivity index (χ4n) is 4.55. The monoisotopic (exact) mass is 465 g/mol. The molecule has 2 aliphatic carbocycles. The van der Waals surface area contributed by atoms with Crippen LogP contribution in [0.3, 0.4) is 0 Å². The second-order valence-electron chi connectivity index (χ2n) is 10.7. The van der Waals surface area contributed by atoms with Gasteiger partial charge in [0.2, 0.25) is 0 Å². The molecule has 0 spiro atoms. The van der Waals surface area contributed by atoms with Crippen molar-refractivity contribution in [2.24, 2.45) is 11.8 Å². The highest BCUT2D eigenvalue weighted by molar-refractivity contribution is 6.10. The summed E-state index contributed by atoms with van der Waals surface area (Å²) < 4.78 is 0. The third-order valence-electron chi connectivity index (χ3n) is 7.00. The number of nitrogens with one attached hydrogen (secondary N) is 2. The van der Waals surface area contributed by atoms with E-state index in [1.165, 1.54) is 6.20 Å². The van der Waals surface area contributed by atoms with E-state index in [9.17, 15) is 14.7 Å². The van der Waals surface area contributed by atoms with Crippen LogP contribution < -0.4 is 0 Å². The number of nitrogens with zero attached hydrogens (tertiary/aromatic N) is 3. The van der Waals surface area contributed by atoms with Gasteiger partial charge in [-0.15, -0.1) is 0 Å². The van der Waals surface area contributed by atoms with E-state index >= 15 is 0 Å². The van der Waals surface area contributed by atoms with E-state index in [1.807, 2.05) is 27.7 Å². The molecule has 8 nitrogen and oxygen atoms in total. The van der Waals surface area contributed by atoms with Crippen LogP contribution in [0, 0.1) is 29.1 Å². The van der Waals surface area contributed by atoms with Crippen LogP contribution in [0.25, 0.3) is 5.57 Å². The van der Waals surface area contributed by atoms with E-state index in [-0.39, 0.29) is 23.4 Å². The first-order valence-electron chi connectivity index (χ1n) is 12.2. The van der Waals surface area contributed by atoms with Crippen molar-refractivity contribution in [1.29, 1.82) is 5.41 Å². The highest BCUT2D eigenvalue weighted by Crippen LogP contribution is 2.35. The summed E-state index contributed by atoms with van der Waals surface area (Å²) in [5.41, 5.74) is -0.361. The molecule has 1 aromatic heterocycles. The maximum atomic E-state index is 13.4. The zero-order chi connectivity index (χ0) is 24.7. The number of H-pyrrole nitrogens is 1. The maximum absolute atomic E-state index is 13.4. The van der Waals surface area contributed by atoms with Crippen LogP contribution in [-0.2, 0) is 4.79 Å². The molecule has 2 amide bonds. The van der Waals surface area contributed by atoms with Crippen molar-refractivity contribution in [2.45, 2.75) is 70.9 Å². The predicted octanol–water partition coefficient (Wildman–Crippen LogP) is 2.86. The van der Waals surface area contributed by atoms with E-state index in [1.54, 1.807) is 15.9 Å². The lowest BCUT2D eigenvalue weighted by atomic mass is 9.78. The van der Waals surface area contributed by atoms with Gasteiger partial charge in [0.25, 0.3) is 11.8 Å². The molecule has 3 N–H and O–H groups in total. The van der Waals surface area contributed by atoms with E-state index in [4.69, 9.17) is 5.41 Å². The lowest BCUT2D eigenvalue weighted by Crippen LogP contribution is -2.65. The Bertz CT molecular complexity index is 1080. The first kappa shape index (κ1) is 24.2. The SMILES string of the molecule is CC(C)/C(=C/C(=N)C#CC1CC1)c1ncc(C(=O)N2CCN(C(=O)C3(O)CCC3)CC2(C)C)[nH]1. The normalized spacial score (nSPS) is 21.5. The minimum absolute atomic E-state index is 0.0977. The summed E-state index contributed by atoms with van der Waals surface area (Å²) in [5, 5.41) is 18.7. The molecular formula is C26H35N5O3. The number of aromatic amines is 1. The molecular weight excluding hydrogens is 430 g/mol. The number of allylic oxidation sites excluding steroid dienone is 2. The van der Waals surface area contributed by atoms with Gasteiger partial charge in [0, 0.05) is 31.1 Å². The number of imidazole rings is 1. The third-order valence-corrected chi connectivity index (χ3v) is 7.00. The van der Waals surface area contributed by atoms with Gasteiger partial charge < -0.3 is 19.9 Å². The molecule has 8 heteroatoms. The minimum atomic E-state index is -1.23. The van der Waals surface area contributed by atoms with Crippen LogP contribution >= 0.6 is 0 Å². The van der Waals surface area contributed by atoms with E-state index in [2.05, 4.69) is 21.8 Å². The van der Waals surface area contributed by atoms with Gasteiger partial charge >= 0.3 is 0 Å². The molecule has 1 aromatic rings. The molecule has 3 aliphatic rings. The standard InChI is InChI=1S/C26H35N5O3/c1-17(2)20(14-19(27)9-8-18-6-7-18)22-28-15-21(29-22)23(32)31-13-12-30(16-25(31,3)4)24(33)26(34)10-5-11-26/h14-15,17-18,27,34H,5-7,10-13,16H2,1-4H3,(H,28,29)/b20-14-,27-19?. The van der Waals surface area contributed by atoms with Gasteiger partial charge in [-0.05, 0) is 63.9 Å². The molecule has 2 saturated carbocycles. The van der Waals surface area contributed by atoms with Crippen molar-refractivity contribution in [3.8, 4) is 11.8 Å². The Morgan fingerprint density at radius 1 is 1.29 bits per heavy atom. The number of amides is 2. The number of aliphatic hydroxyl groups is 1. The molecule has 2 heterocycles. The number of aromatic nitrogens is 2. The fourth-order valence-corrected chi connectivity index (χ4v) is 4.55. The van der Waals surface area contributed by atoms with E-state index in [0.717, 1.165) is 24.8 Å². The fraction of sp³-hybridized carbons (Fsp3) is 0.615. The van der Waals surface area contributed by atoms with Gasteiger partial charge in [-0.3, -0.25) is 15.0 Å². The van der Waals surface area contributed by atoms with Crippen molar-refractivity contribution in [2.75, 3.05) is 19.6 Å². The first-order chi connectivity index (χ1) is 16.0. The van der Waals surface area contributed by atoms with Gasteiger partial charge in [-0.2, -0.15) is 0 Å². The quantitative estimate of drug-likeness (QED) is 0.458. The average molecular weight is 466 g/mol. The van der Waals surface area contributed by atoms with E-state index in [0.29, 0.717) is 49.9 Å². The zero-order valence-corrected chi connectivity index (χ0v) is 20.6. The predicted molar refractivity (Wildman–Crippen MR) is 130 cm³/mol. The van der Waals surface area contributed by atoms with Crippen LogP contribution in [0.2, 0.25) is 0 Å². The van der Waals surface area contributed by atoms with Crippen LogP contribution in [0.4, 0.5) is 0 Å². The summed E-state index contributed by atoms with van der Waals surface area (Å²) >= 11 is 0. The Labute approximate surface area is 201 Å². The maximum Gasteiger partial charge on any atom is 0.272 e. The van der Waals surface area contributed by atoms with Gasteiger partial charge in [0.05, 0.1) is 11.7 Å². The molecule has 0 radical (unpaired) electrons. The zero-order valence-electron chi connectivity index (χ0n) is 20.6. The van der Waals surface area contributed by atoms with Gasteiger partial charge in [0.15, 0.2) is 0 Å². The number of rotatable bonds is 5. The third kappa shape index (κ3) is 4.95. The summed E-state index contributed by atoms with van der Waals surface area (Å²) in [6, 6.07) is 0. The molecule has 4 rings (SSSR count). The molecule has 182 valence electrons. The van der Waals surface area contributed by atoms with Crippen molar-refractivity contribution < 1.29 is 14.7 Å². The van der Waals surface area contributed by atoms with Gasteiger partial charge in [-0.1, -0.05) is 19.8 Å². The molecule has 1 saturated heterocycles. The molecule has 0 unspecified atom stereocenters. The Morgan fingerprint density at radius 2 is 2.00 bits per heavy atom. The topological polar surface area (TPSA) is 113 Å². The summed E-state index contributed by atoms with van der Waals surface area (Å²) in [5.74, 6) is 6.71. The molecule has 34 heavy (non-hydrogen) atoms. The van der Waals surface area contributed by atoms with Crippen molar-refractivity contribution in [1.82, 2.24) is 19.8 Å². The Kier molecular flexibility index (Phi) is 6.43. The molecule has 3 fully saturated rings. The van der Waals surface area contributed by atoms with Crippen LogP contribution in [0.1, 0.15) is 76.1 Å². The lowest BCUT2D eigenvalue weighted by Gasteiger charge is -2.49. The van der Waals surface area contributed by atoms with E-state index < -0.39 is 11.1 Å². The highest BCUT2D eigenvalue weighted by atomic mass is 16.3. The van der Waals surface area contributed by atoms with Crippen molar-refractivity contribution >= 4 is 23.1 Å². The minimum Gasteiger partial charge on any atom is -0.380 e. The smallest absolute Gasteiger partial charge is 0.272 e. The summed E-state index contributed by atoms with van der Waals surface area (Å²) in [4.78, 5) is 37.2. The van der Waals surface area contributed by atoms with Crippen LogP contribution in [-0.4, -0.2) is 73.2 Å². The summed E-state index contributed by atoms with van der Waals surface area (Å²) in [6.07, 6.45) is 7.39. The number of piperazine rings is 1. The summed E-state index contributed by atoms with van der Waals surface area (Å²) in [6.45, 7) is 9.06. The Hall–Kier alpha value is -2.92. The molecule has 0 bridgehead atoms. The molecule has 1 aliphatic heterocycles. The van der Waals surface area contributed by atoms with Crippen LogP contribution in [0.15, 0.2) is 12.3 Å². The second-order valence-corrected chi connectivity index (χ2v) is 10.7. The number of hydrogen-bond acceptors (Lipinski definition) is 5. The van der Waals surface area contributed by atoms with Gasteiger partial charge in [-0.25, -0.2) is 4.98 Å². The number of carbonyl (C=O) groups excluding carboxylic acids is 2. The van der Waals surface area contributed by atoms with Crippen molar-refractivity contribution in [3.05, 3.63) is 23.8 Å². The largest absolute Gasteiger partial charge is 0.380 e. The second kappa shape index (κ2) is 9.03. The Balaban J connectivity index is 1.47. The number of carbonyl (C=O) groups is 2. The Morgan fingerprint density at radius 3 is 2.56 bits per heavy atom. The molecule has 0 atom stereocenters. The summed E-state index contributed by atoms with van der Waals surface area (Å²) in [7, 11) is 0. The average Bonchev–Trinajstić information content (AvgIpc) is 3.46.